The highest BCUT2D eigenvalue weighted by molar-refractivity contribution is 6.74. The largest absolute Gasteiger partial charge is 0.462 e. The first-order valence-electron chi connectivity index (χ1n) is 13.3. The van der Waals surface area contributed by atoms with E-state index < -0.39 is 26.1 Å². The lowest BCUT2D eigenvalue weighted by Crippen LogP contribution is -2.60. The van der Waals surface area contributed by atoms with Crippen LogP contribution in [-0.2, 0) is 9.22 Å². The molecule has 0 spiro atoms. The topological polar surface area (TPSA) is 107 Å². The number of carbonyl (C=O) groups excluding carboxylic acids is 1. The van der Waals surface area contributed by atoms with E-state index in [1.165, 1.54) is 18.5 Å². The van der Waals surface area contributed by atoms with Crippen LogP contribution in [-0.4, -0.2) is 75.7 Å². The first kappa shape index (κ1) is 29.1. The molecule has 1 aliphatic rings. The zero-order chi connectivity index (χ0) is 29.4. The fourth-order valence-corrected chi connectivity index (χ4v) is 5.81. The summed E-state index contributed by atoms with van der Waals surface area (Å²) in [6.07, 6.45) is 3.11. The van der Waals surface area contributed by atoms with Gasteiger partial charge in [0.1, 0.15) is 23.3 Å². The van der Waals surface area contributed by atoms with Crippen LogP contribution >= 0.6 is 11.6 Å². The van der Waals surface area contributed by atoms with Crippen molar-refractivity contribution in [2.24, 2.45) is 0 Å². The number of para-hydroxylation sites is 1. The van der Waals surface area contributed by atoms with Crippen LogP contribution in [0.3, 0.4) is 0 Å². The Bertz CT molecular complexity index is 1540. The van der Waals surface area contributed by atoms with Gasteiger partial charge in [-0.1, -0.05) is 44.5 Å². The van der Waals surface area contributed by atoms with Crippen molar-refractivity contribution in [2.75, 3.05) is 25.0 Å². The van der Waals surface area contributed by atoms with Gasteiger partial charge in [0.25, 0.3) is 5.91 Å². The predicted molar refractivity (Wildman–Crippen MR) is 157 cm³/mol. The van der Waals surface area contributed by atoms with Crippen molar-refractivity contribution in [3.63, 3.8) is 0 Å². The monoisotopic (exact) mass is 597 g/mol. The Balaban J connectivity index is 1.36. The Morgan fingerprint density at radius 3 is 2.59 bits per heavy atom. The van der Waals surface area contributed by atoms with E-state index in [0.29, 0.717) is 34.8 Å². The zero-order valence-corrected chi connectivity index (χ0v) is 25.4. The third kappa shape index (κ3) is 6.40. The number of likely N-dealkylation sites (tertiary alicyclic amines) is 1. The highest BCUT2D eigenvalue weighted by Gasteiger charge is 2.42. The van der Waals surface area contributed by atoms with Crippen LogP contribution < -0.4 is 10.1 Å². The smallest absolute Gasteiger partial charge is 0.268 e. The zero-order valence-electron chi connectivity index (χ0n) is 23.6. The summed E-state index contributed by atoms with van der Waals surface area (Å²) in [7, 11) is -1.92. The molecule has 4 aromatic rings. The molecule has 0 unspecified atom stereocenters. The number of rotatable bonds is 9. The first-order chi connectivity index (χ1) is 19.4. The molecule has 3 aromatic heterocycles. The number of fused-ring (bicyclic) bond motifs is 1. The molecule has 1 amide bonds. The van der Waals surface area contributed by atoms with Crippen LogP contribution in [0.1, 0.15) is 20.8 Å². The Morgan fingerprint density at radius 2 is 1.90 bits per heavy atom. The van der Waals surface area contributed by atoms with Crippen molar-refractivity contribution in [1.82, 2.24) is 29.6 Å². The van der Waals surface area contributed by atoms with E-state index >= 15 is 0 Å². The summed E-state index contributed by atoms with van der Waals surface area (Å²) in [4.78, 5) is 28.2. The number of hydrogen-bond donors (Lipinski definition) is 1. The SMILES string of the molecule is CC(C)(C)[Si](C)(C)OC1CN(C[C@H](Oc2ncnc3c2cnn3-c2ccccc2Cl)C(=O)Nc2ccc(F)cn2)C1. The number of carbonyl (C=O) groups is 1. The van der Waals surface area contributed by atoms with Gasteiger partial charge in [-0.2, -0.15) is 5.10 Å². The minimum atomic E-state index is -1.92. The number of hydrogen-bond acceptors (Lipinski definition) is 8. The molecule has 10 nitrogen and oxygen atoms in total. The molecule has 1 saturated heterocycles. The number of aromatic nitrogens is 5. The second kappa shape index (κ2) is 11.4. The third-order valence-corrected chi connectivity index (χ3v) is 12.4. The molecule has 1 aromatic carbocycles. The average molecular weight is 598 g/mol. The molecule has 216 valence electrons. The van der Waals surface area contributed by atoms with E-state index in [0.717, 1.165) is 6.20 Å². The van der Waals surface area contributed by atoms with Crippen LogP contribution in [0, 0.1) is 5.82 Å². The Kier molecular flexibility index (Phi) is 8.10. The summed E-state index contributed by atoms with van der Waals surface area (Å²) < 4.78 is 27.7. The standard InChI is InChI=1S/C28H33ClFN7O3Si/c1-28(2,3)41(4,5)40-19-14-36(15-19)16-23(26(38)35-24-11-10-18(30)12-31-24)39-27-20-13-34-37(25(20)32-17-33-27)22-9-7-6-8-21(22)29/h6-13,17,19,23H,14-16H2,1-5H3,(H,31,35,38)/t23-/m0/s1. The van der Waals surface area contributed by atoms with Crippen molar-refractivity contribution >= 4 is 42.7 Å². The van der Waals surface area contributed by atoms with Crippen molar-refractivity contribution in [2.45, 2.75) is 51.1 Å². The number of pyridine rings is 1. The van der Waals surface area contributed by atoms with Crippen LogP contribution in [0.5, 0.6) is 5.88 Å². The molecular formula is C28H33ClFN7O3Si. The summed E-state index contributed by atoms with van der Waals surface area (Å²) in [6.45, 7) is 12.7. The molecule has 41 heavy (non-hydrogen) atoms. The van der Waals surface area contributed by atoms with E-state index in [9.17, 15) is 9.18 Å². The van der Waals surface area contributed by atoms with E-state index in [2.05, 4.69) is 64.1 Å². The normalized spacial score (nSPS) is 15.5. The highest BCUT2D eigenvalue weighted by Crippen LogP contribution is 2.38. The lowest BCUT2D eigenvalue weighted by Gasteiger charge is -2.46. The lowest BCUT2D eigenvalue weighted by molar-refractivity contribution is -0.125. The highest BCUT2D eigenvalue weighted by atomic mass is 35.5. The lowest BCUT2D eigenvalue weighted by atomic mass is 10.1. The van der Waals surface area contributed by atoms with Crippen molar-refractivity contribution in [3.8, 4) is 11.6 Å². The van der Waals surface area contributed by atoms with Gasteiger partial charge >= 0.3 is 0 Å². The fourth-order valence-electron chi connectivity index (χ4n) is 4.26. The average Bonchev–Trinajstić information content (AvgIpc) is 3.32. The molecule has 1 aliphatic heterocycles. The molecule has 13 heteroatoms. The van der Waals surface area contributed by atoms with Crippen molar-refractivity contribution in [3.05, 3.63) is 66.0 Å². The van der Waals surface area contributed by atoms with Crippen LogP contribution in [0.2, 0.25) is 23.2 Å². The molecular weight excluding hydrogens is 565 g/mol. The maximum absolute atomic E-state index is 13.4. The third-order valence-electron chi connectivity index (χ3n) is 7.55. The van der Waals surface area contributed by atoms with Crippen molar-refractivity contribution in [1.29, 1.82) is 0 Å². The summed E-state index contributed by atoms with van der Waals surface area (Å²) in [5, 5.41) is 8.31. The second-order valence-corrected chi connectivity index (χ2v) is 16.8. The Labute approximate surface area is 244 Å². The van der Waals surface area contributed by atoms with Gasteiger partial charge in [-0.25, -0.2) is 24.0 Å². The van der Waals surface area contributed by atoms with Crippen LogP contribution in [0.4, 0.5) is 10.2 Å². The molecule has 1 atom stereocenters. The summed E-state index contributed by atoms with van der Waals surface area (Å²) in [5.41, 5.74) is 1.13. The molecule has 1 fully saturated rings. The van der Waals surface area contributed by atoms with Gasteiger partial charge in [0.2, 0.25) is 5.88 Å². The van der Waals surface area contributed by atoms with Gasteiger partial charge in [-0.3, -0.25) is 9.69 Å². The first-order valence-corrected chi connectivity index (χ1v) is 16.6. The van der Waals surface area contributed by atoms with Gasteiger partial charge in [-0.15, -0.1) is 0 Å². The Morgan fingerprint density at radius 1 is 1.15 bits per heavy atom. The number of ether oxygens (including phenoxy) is 1. The molecule has 0 aliphatic carbocycles. The molecule has 5 rings (SSSR count). The number of anilines is 1. The van der Waals surface area contributed by atoms with Gasteiger partial charge < -0.3 is 14.5 Å². The molecule has 0 radical (unpaired) electrons. The molecule has 1 N–H and O–H groups in total. The molecule has 4 heterocycles. The second-order valence-electron chi connectivity index (χ2n) is 11.6. The molecule has 0 bridgehead atoms. The minimum absolute atomic E-state index is 0.0954. The summed E-state index contributed by atoms with van der Waals surface area (Å²) in [6, 6.07) is 9.91. The van der Waals surface area contributed by atoms with Gasteiger partial charge in [0.15, 0.2) is 20.1 Å². The minimum Gasteiger partial charge on any atom is -0.462 e. The van der Waals surface area contributed by atoms with Crippen LogP contribution in [0.15, 0.2) is 55.1 Å². The maximum atomic E-state index is 13.4. The van der Waals surface area contributed by atoms with Gasteiger partial charge in [-0.05, 0) is 42.4 Å². The number of halogens is 2. The number of nitrogens with zero attached hydrogens (tertiary/aromatic N) is 6. The molecule has 0 saturated carbocycles. The number of benzene rings is 1. The van der Waals surface area contributed by atoms with E-state index in [4.69, 9.17) is 20.8 Å². The predicted octanol–water partition coefficient (Wildman–Crippen LogP) is 5.10. The van der Waals surface area contributed by atoms with Crippen molar-refractivity contribution < 1.29 is 18.3 Å². The number of nitrogens with one attached hydrogen (secondary N) is 1. The van der Waals surface area contributed by atoms with E-state index in [-0.39, 0.29) is 29.4 Å². The van der Waals surface area contributed by atoms with Crippen LogP contribution in [0.25, 0.3) is 16.7 Å². The number of amides is 1. The quantitative estimate of drug-likeness (QED) is 0.266. The summed E-state index contributed by atoms with van der Waals surface area (Å²) >= 11 is 6.39. The summed E-state index contributed by atoms with van der Waals surface area (Å²) in [5.74, 6) is -0.520. The van der Waals surface area contributed by atoms with E-state index in [1.807, 2.05) is 18.2 Å². The maximum Gasteiger partial charge on any atom is 0.268 e. The Hall–Kier alpha value is -3.45. The van der Waals surface area contributed by atoms with Gasteiger partial charge in [0.05, 0.1) is 29.2 Å². The van der Waals surface area contributed by atoms with E-state index in [1.54, 1.807) is 16.9 Å². The fraction of sp³-hybridized carbons (Fsp3) is 0.393. The van der Waals surface area contributed by atoms with Gasteiger partial charge in [0, 0.05) is 19.6 Å².